The summed E-state index contributed by atoms with van der Waals surface area (Å²) in [6, 6.07) is 15.4. The molecule has 2 atom stereocenters. The largest absolute Gasteiger partial charge is 0.497 e. The van der Waals surface area contributed by atoms with Gasteiger partial charge in [-0.25, -0.2) is 0 Å². The number of hydrogen-bond acceptors (Lipinski definition) is 3. The molecule has 1 saturated heterocycles. The number of nitrogens with one attached hydrogen (secondary N) is 1. The molecule has 1 aliphatic heterocycles. The topological polar surface area (TPSA) is 58.6 Å². The van der Waals surface area contributed by atoms with Gasteiger partial charge in [-0.05, 0) is 36.6 Å². The predicted molar refractivity (Wildman–Crippen MR) is 104 cm³/mol. The van der Waals surface area contributed by atoms with E-state index in [1.807, 2.05) is 49.4 Å². The molecule has 0 unspecified atom stereocenters. The van der Waals surface area contributed by atoms with Gasteiger partial charge in [0.25, 0.3) is 0 Å². The molecule has 1 fully saturated rings. The van der Waals surface area contributed by atoms with Crippen molar-refractivity contribution in [2.24, 2.45) is 5.92 Å². The van der Waals surface area contributed by atoms with Crippen LogP contribution in [0.3, 0.4) is 0 Å². The van der Waals surface area contributed by atoms with Gasteiger partial charge in [0.1, 0.15) is 5.75 Å². The van der Waals surface area contributed by atoms with E-state index in [9.17, 15) is 9.59 Å². The number of carbonyl (C=O) groups is 2. The summed E-state index contributed by atoms with van der Waals surface area (Å²) >= 11 is 0. The number of piperidine rings is 1. The zero-order chi connectivity index (χ0) is 19.4. The molecule has 5 nitrogen and oxygen atoms in total. The Kier molecular flexibility index (Phi) is 5.79. The van der Waals surface area contributed by atoms with E-state index in [-0.39, 0.29) is 23.8 Å². The molecule has 2 aromatic carbocycles. The first-order chi connectivity index (χ1) is 13.0. The van der Waals surface area contributed by atoms with Crippen molar-refractivity contribution >= 4 is 11.8 Å². The molecular weight excluding hydrogens is 340 g/mol. The number of benzene rings is 2. The lowest BCUT2D eigenvalue weighted by atomic mass is 9.84. The third-order valence-electron chi connectivity index (χ3n) is 5.20. The highest BCUT2D eigenvalue weighted by Gasteiger charge is 2.38. The Hall–Kier alpha value is -2.82. The molecule has 0 bridgehead atoms. The minimum Gasteiger partial charge on any atom is -0.497 e. The van der Waals surface area contributed by atoms with Crippen LogP contribution < -0.4 is 10.1 Å². The molecular formula is C22H26N2O3. The quantitative estimate of drug-likeness (QED) is 0.884. The summed E-state index contributed by atoms with van der Waals surface area (Å²) < 4.78 is 5.22. The van der Waals surface area contributed by atoms with Gasteiger partial charge < -0.3 is 15.0 Å². The van der Waals surface area contributed by atoms with Gasteiger partial charge in [0.15, 0.2) is 0 Å². The molecule has 1 aliphatic rings. The highest BCUT2D eigenvalue weighted by molar-refractivity contribution is 5.84. The maximum Gasteiger partial charge on any atom is 0.225 e. The average Bonchev–Trinajstić information content (AvgIpc) is 2.68. The highest BCUT2D eigenvalue weighted by Crippen LogP contribution is 2.36. The molecule has 2 amide bonds. The fourth-order valence-electron chi connectivity index (χ4n) is 3.71. The number of methoxy groups -OCH3 is 1. The summed E-state index contributed by atoms with van der Waals surface area (Å²) in [5.41, 5.74) is 3.19. The van der Waals surface area contributed by atoms with E-state index >= 15 is 0 Å². The maximum atomic E-state index is 12.9. The molecule has 5 heteroatoms. The van der Waals surface area contributed by atoms with E-state index in [1.165, 1.54) is 5.56 Å². The second kappa shape index (κ2) is 8.25. The van der Waals surface area contributed by atoms with Crippen LogP contribution in [-0.2, 0) is 16.1 Å². The predicted octanol–water partition coefficient (Wildman–Crippen LogP) is 3.23. The fraction of sp³-hybridized carbons (Fsp3) is 0.364. The molecule has 1 heterocycles. The monoisotopic (exact) mass is 366 g/mol. The van der Waals surface area contributed by atoms with Crippen LogP contribution in [0.2, 0.25) is 0 Å². The number of hydrogen-bond donors (Lipinski definition) is 1. The van der Waals surface area contributed by atoms with Crippen LogP contribution in [0.25, 0.3) is 0 Å². The zero-order valence-electron chi connectivity index (χ0n) is 16.1. The Bertz CT molecular complexity index is 817. The molecule has 27 heavy (non-hydrogen) atoms. The number of rotatable bonds is 5. The Balaban J connectivity index is 1.77. The SMILES string of the molecule is COc1ccc([C@H]2[C@@H](C(=O)NCc3cccc(C)c3)CCC(=O)N2C)cc1. The number of nitrogens with zero attached hydrogens (tertiary/aromatic N) is 1. The van der Waals surface area contributed by atoms with Crippen LogP contribution in [0.4, 0.5) is 0 Å². The van der Waals surface area contributed by atoms with Crippen LogP contribution in [0, 0.1) is 12.8 Å². The van der Waals surface area contributed by atoms with Crippen molar-refractivity contribution in [2.75, 3.05) is 14.2 Å². The van der Waals surface area contributed by atoms with Crippen molar-refractivity contribution in [2.45, 2.75) is 32.4 Å². The first-order valence-corrected chi connectivity index (χ1v) is 9.22. The van der Waals surface area contributed by atoms with Crippen molar-refractivity contribution in [3.05, 3.63) is 65.2 Å². The Morgan fingerprint density at radius 2 is 1.96 bits per heavy atom. The van der Waals surface area contributed by atoms with Crippen LogP contribution in [0.5, 0.6) is 5.75 Å². The van der Waals surface area contributed by atoms with E-state index < -0.39 is 0 Å². The summed E-state index contributed by atoms with van der Waals surface area (Å²) in [7, 11) is 3.39. The number of likely N-dealkylation sites (tertiary alicyclic amines) is 1. The number of aryl methyl sites for hydroxylation is 1. The minimum absolute atomic E-state index is 0.0170. The standard InChI is InChI=1S/C22H26N2O3/c1-15-5-4-6-16(13-15)14-23-22(26)19-11-12-20(25)24(2)21(19)17-7-9-18(27-3)10-8-17/h4-10,13,19,21H,11-12,14H2,1-3H3,(H,23,26)/t19-,21-/m0/s1. The van der Waals surface area contributed by atoms with Gasteiger partial charge in [-0.1, -0.05) is 42.0 Å². The lowest BCUT2D eigenvalue weighted by Crippen LogP contribution is -2.46. The second-order valence-corrected chi connectivity index (χ2v) is 7.07. The normalized spacial score (nSPS) is 19.7. The van der Waals surface area contributed by atoms with E-state index in [0.29, 0.717) is 19.4 Å². The minimum atomic E-state index is -0.272. The fourth-order valence-corrected chi connectivity index (χ4v) is 3.71. The molecule has 0 spiro atoms. The number of ether oxygens (including phenoxy) is 1. The van der Waals surface area contributed by atoms with E-state index in [0.717, 1.165) is 16.9 Å². The van der Waals surface area contributed by atoms with Crippen molar-refractivity contribution in [3.63, 3.8) is 0 Å². The Labute approximate surface area is 160 Å². The van der Waals surface area contributed by atoms with Crippen LogP contribution >= 0.6 is 0 Å². The van der Waals surface area contributed by atoms with Crippen LogP contribution in [0.15, 0.2) is 48.5 Å². The lowest BCUT2D eigenvalue weighted by molar-refractivity contribution is -0.141. The van der Waals surface area contributed by atoms with E-state index in [4.69, 9.17) is 4.74 Å². The Morgan fingerprint density at radius 1 is 1.22 bits per heavy atom. The molecule has 0 aromatic heterocycles. The van der Waals surface area contributed by atoms with Gasteiger partial charge in [0, 0.05) is 20.0 Å². The van der Waals surface area contributed by atoms with Gasteiger partial charge in [0.05, 0.1) is 19.1 Å². The molecule has 0 saturated carbocycles. The maximum absolute atomic E-state index is 12.9. The first-order valence-electron chi connectivity index (χ1n) is 9.22. The molecule has 1 N–H and O–H groups in total. The molecule has 142 valence electrons. The molecule has 0 radical (unpaired) electrons. The third-order valence-corrected chi connectivity index (χ3v) is 5.20. The van der Waals surface area contributed by atoms with Crippen LogP contribution in [0.1, 0.15) is 35.6 Å². The number of amides is 2. The summed E-state index contributed by atoms with van der Waals surface area (Å²) in [5, 5.41) is 3.05. The lowest BCUT2D eigenvalue weighted by Gasteiger charge is -2.38. The van der Waals surface area contributed by atoms with Crippen molar-refractivity contribution in [3.8, 4) is 5.75 Å². The van der Waals surface area contributed by atoms with Gasteiger partial charge in [0.2, 0.25) is 11.8 Å². The van der Waals surface area contributed by atoms with Gasteiger partial charge in [-0.2, -0.15) is 0 Å². The Morgan fingerprint density at radius 3 is 2.63 bits per heavy atom. The zero-order valence-corrected chi connectivity index (χ0v) is 16.1. The number of carbonyl (C=O) groups excluding carboxylic acids is 2. The molecule has 2 aromatic rings. The van der Waals surface area contributed by atoms with Gasteiger partial charge >= 0.3 is 0 Å². The highest BCUT2D eigenvalue weighted by atomic mass is 16.5. The van der Waals surface area contributed by atoms with E-state index in [1.54, 1.807) is 19.1 Å². The molecule has 3 rings (SSSR count). The molecule has 0 aliphatic carbocycles. The second-order valence-electron chi connectivity index (χ2n) is 7.07. The smallest absolute Gasteiger partial charge is 0.225 e. The third kappa shape index (κ3) is 4.30. The average molecular weight is 366 g/mol. The van der Waals surface area contributed by atoms with Crippen molar-refractivity contribution < 1.29 is 14.3 Å². The van der Waals surface area contributed by atoms with E-state index in [2.05, 4.69) is 11.4 Å². The summed E-state index contributed by atoms with van der Waals surface area (Å²) in [4.78, 5) is 26.9. The first kappa shape index (κ1) is 19.0. The van der Waals surface area contributed by atoms with Gasteiger partial charge in [-0.3, -0.25) is 9.59 Å². The van der Waals surface area contributed by atoms with Crippen molar-refractivity contribution in [1.29, 1.82) is 0 Å². The summed E-state index contributed by atoms with van der Waals surface area (Å²) in [6.07, 6.45) is 0.950. The summed E-state index contributed by atoms with van der Waals surface area (Å²) in [6.45, 7) is 2.52. The van der Waals surface area contributed by atoms with Crippen molar-refractivity contribution in [1.82, 2.24) is 10.2 Å². The summed E-state index contributed by atoms with van der Waals surface area (Å²) in [5.74, 6) is 0.533. The van der Waals surface area contributed by atoms with Gasteiger partial charge in [-0.15, -0.1) is 0 Å². The van der Waals surface area contributed by atoms with Crippen LogP contribution in [-0.4, -0.2) is 30.9 Å².